The number of carbonyl (C=O) groups is 2. The van der Waals surface area contributed by atoms with Crippen molar-refractivity contribution in [2.45, 2.75) is 38.3 Å². The number of benzene rings is 2. The summed E-state index contributed by atoms with van der Waals surface area (Å²) in [5, 5.41) is 8.45. The molecule has 2 saturated heterocycles. The van der Waals surface area contributed by atoms with Gasteiger partial charge in [0.1, 0.15) is 17.1 Å². The zero-order valence-corrected chi connectivity index (χ0v) is 23.7. The van der Waals surface area contributed by atoms with Crippen LogP contribution in [0.1, 0.15) is 26.3 Å². The molecule has 0 spiro atoms. The number of nitrogens with zero attached hydrogens (tertiary/aromatic N) is 5. The van der Waals surface area contributed by atoms with Gasteiger partial charge >= 0.3 is 6.09 Å². The molecule has 1 aromatic heterocycles. The van der Waals surface area contributed by atoms with E-state index in [2.05, 4.69) is 32.3 Å². The van der Waals surface area contributed by atoms with Crippen LogP contribution >= 0.6 is 27.5 Å². The Bertz CT molecular complexity index is 1380. The molecular weight excluding hydrogens is 577 g/mol. The Kier molecular flexibility index (Phi) is 6.98. The third-order valence-electron chi connectivity index (χ3n) is 6.81. The van der Waals surface area contributed by atoms with E-state index in [-0.39, 0.29) is 24.0 Å². The van der Waals surface area contributed by atoms with Crippen molar-refractivity contribution in [3.05, 3.63) is 69.5 Å². The summed E-state index contributed by atoms with van der Waals surface area (Å²) in [5.41, 5.74) is 0.316. The maximum Gasteiger partial charge on any atom is 0.410 e. The van der Waals surface area contributed by atoms with Gasteiger partial charge in [0.05, 0.1) is 24.3 Å². The van der Waals surface area contributed by atoms with Gasteiger partial charge in [-0.1, -0.05) is 57.0 Å². The molecule has 11 heteroatoms. The summed E-state index contributed by atoms with van der Waals surface area (Å²) in [7, 11) is 0. The highest BCUT2D eigenvalue weighted by Crippen LogP contribution is 2.36. The predicted molar refractivity (Wildman–Crippen MR) is 144 cm³/mol. The van der Waals surface area contributed by atoms with E-state index in [0.29, 0.717) is 30.3 Å². The molecule has 0 bridgehead atoms. The van der Waals surface area contributed by atoms with Gasteiger partial charge in [0.15, 0.2) is 5.54 Å². The molecule has 3 aromatic rings. The first-order chi connectivity index (χ1) is 17.9. The average molecular weight is 605 g/mol. The average Bonchev–Trinajstić information content (AvgIpc) is 3.27. The lowest BCUT2D eigenvalue weighted by molar-refractivity contribution is -0.157. The maximum absolute atomic E-state index is 14.1. The Morgan fingerprint density at radius 1 is 1.16 bits per heavy atom. The molecule has 8 nitrogen and oxygen atoms in total. The van der Waals surface area contributed by atoms with Crippen molar-refractivity contribution in [3.63, 3.8) is 0 Å². The van der Waals surface area contributed by atoms with Gasteiger partial charge in [-0.05, 0) is 56.9 Å². The number of ether oxygens (including phenoxy) is 1. The van der Waals surface area contributed by atoms with Crippen molar-refractivity contribution < 1.29 is 18.7 Å². The Labute approximate surface area is 233 Å². The topological polar surface area (TPSA) is 80.6 Å². The second kappa shape index (κ2) is 9.96. The Hall–Kier alpha value is -2.98. The largest absolute Gasteiger partial charge is 0.444 e. The number of amides is 2. The van der Waals surface area contributed by atoms with Gasteiger partial charge in [-0.15, -0.1) is 5.10 Å². The van der Waals surface area contributed by atoms with Crippen molar-refractivity contribution in [3.8, 4) is 11.3 Å². The van der Waals surface area contributed by atoms with Gasteiger partial charge in [-0.2, -0.15) is 0 Å². The van der Waals surface area contributed by atoms with Gasteiger partial charge in [0.2, 0.25) is 0 Å². The molecule has 0 atom stereocenters. The van der Waals surface area contributed by atoms with Crippen LogP contribution in [-0.2, 0) is 21.5 Å². The van der Waals surface area contributed by atoms with Crippen LogP contribution in [0.5, 0.6) is 0 Å². The lowest BCUT2D eigenvalue weighted by atomic mass is 9.84. The maximum atomic E-state index is 14.1. The normalized spacial score (nSPS) is 17.1. The SMILES string of the molecule is CC(C)(C)OC(=O)N1CC(C(=O)N2CC(Cc3ccccc3Br)C2)(n2cc(-c3ccc(Cl)c(F)c3)nn2)C1. The summed E-state index contributed by atoms with van der Waals surface area (Å²) >= 11 is 9.42. The van der Waals surface area contributed by atoms with E-state index in [1.54, 1.807) is 37.9 Å². The fraction of sp³-hybridized carbons (Fsp3) is 0.407. The minimum absolute atomic E-state index is 0.00894. The van der Waals surface area contributed by atoms with E-state index in [9.17, 15) is 14.0 Å². The van der Waals surface area contributed by atoms with Gasteiger partial charge in [0.25, 0.3) is 5.91 Å². The third-order valence-corrected chi connectivity index (χ3v) is 7.89. The van der Waals surface area contributed by atoms with Crippen LogP contribution in [0.25, 0.3) is 11.3 Å². The number of aromatic nitrogens is 3. The van der Waals surface area contributed by atoms with E-state index in [4.69, 9.17) is 16.3 Å². The van der Waals surface area contributed by atoms with Crippen LogP contribution in [0.4, 0.5) is 9.18 Å². The summed E-state index contributed by atoms with van der Waals surface area (Å²) in [6.07, 6.45) is 1.99. The Balaban J connectivity index is 1.35. The van der Waals surface area contributed by atoms with E-state index >= 15 is 0 Å². The summed E-state index contributed by atoms with van der Waals surface area (Å²) in [4.78, 5) is 29.9. The molecule has 2 aliphatic heterocycles. The Morgan fingerprint density at radius 2 is 1.87 bits per heavy atom. The van der Waals surface area contributed by atoms with Crippen molar-refractivity contribution >= 4 is 39.5 Å². The smallest absolute Gasteiger partial charge is 0.410 e. The van der Waals surface area contributed by atoms with Crippen LogP contribution in [0.2, 0.25) is 5.02 Å². The molecule has 0 N–H and O–H groups in total. The molecule has 5 rings (SSSR count). The molecule has 0 radical (unpaired) electrons. The van der Waals surface area contributed by atoms with Crippen LogP contribution in [0.15, 0.2) is 53.1 Å². The monoisotopic (exact) mass is 603 g/mol. The van der Waals surface area contributed by atoms with Gasteiger partial charge in [-0.3, -0.25) is 4.79 Å². The molecule has 2 aliphatic rings. The van der Waals surface area contributed by atoms with Crippen LogP contribution < -0.4 is 0 Å². The number of halogens is 3. The molecule has 200 valence electrons. The van der Waals surface area contributed by atoms with Crippen LogP contribution in [0, 0.1) is 11.7 Å². The predicted octanol–water partition coefficient (Wildman–Crippen LogP) is 5.15. The molecule has 0 saturated carbocycles. The fourth-order valence-corrected chi connectivity index (χ4v) is 5.38. The van der Waals surface area contributed by atoms with Gasteiger partial charge < -0.3 is 14.5 Å². The quantitative estimate of drug-likeness (QED) is 0.403. The lowest BCUT2D eigenvalue weighted by Crippen LogP contribution is -2.73. The summed E-state index contributed by atoms with van der Waals surface area (Å²) in [6.45, 7) is 6.81. The molecule has 0 aliphatic carbocycles. The van der Waals surface area contributed by atoms with Crippen molar-refractivity contribution in [1.29, 1.82) is 0 Å². The van der Waals surface area contributed by atoms with Gasteiger partial charge in [-0.25, -0.2) is 13.9 Å². The first-order valence-corrected chi connectivity index (χ1v) is 13.5. The van der Waals surface area contributed by atoms with E-state index in [1.165, 1.54) is 27.3 Å². The lowest BCUT2D eigenvalue weighted by Gasteiger charge is -2.52. The van der Waals surface area contributed by atoms with Crippen molar-refractivity contribution in [2.24, 2.45) is 5.92 Å². The minimum Gasteiger partial charge on any atom is -0.444 e. The minimum atomic E-state index is -1.12. The summed E-state index contributed by atoms with van der Waals surface area (Å²) in [5.74, 6) is -0.361. The highest BCUT2D eigenvalue weighted by molar-refractivity contribution is 9.10. The second-order valence-corrected chi connectivity index (χ2v) is 12.2. The highest BCUT2D eigenvalue weighted by atomic mass is 79.9. The number of hydrogen-bond donors (Lipinski definition) is 0. The number of likely N-dealkylation sites (tertiary alicyclic amines) is 2. The molecule has 2 amide bonds. The van der Waals surface area contributed by atoms with E-state index < -0.39 is 23.1 Å². The van der Waals surface area contributed by atoms with Gasteiger partial charge in [0, 0.05) is 23.1 Å². The first kappa shape index (κ1) is 26.6. The molecular formula is C27H28BrClFN5O3. The highest BCUT2D eigenvalue weighted by Gasteiger charge is 2.57. The zero-order chi connectivity index (χ0) is 27.2. The molecule has 2 aromatic carbocycles. The summed E-state index contributed by atoms with van der Waals surface area (Å²) < 4.78 is 22.1. The molecule has 2 fully saturated rings. The van der Waals surface area contributed by atoms with Crippen LogP contribution in [-0.4, -0.2) is 68.6 Å². The fourth-order valence-electron chi connectivity index (χ4n) is 4.81. The number of hydrogen-bond acceptors (Lipinski definition) is 5. The van der Waals surface area contributed by atoms with E-state index in [1.807, 2.05) is 18.2 Å². The summed E-state index contributed by atoms with van der Waals surface area (Å²) in [6, 6.07) is 12.4. The number of rotatable bonds is 5. The Morgan fingerprint density at radius 3 is 2.53 bits per heavy atom. The van der Waals surface area contributed by atoms with Crippen molar-refractivity contribution in [2.75, 3.05) is 26.2 Å². The standard InChI is InChI=1S/C27H28BrClFN5O3/c1-26(2,3)38-25(37)34-15-27(16-34,35-14-23(31-32-35)19-8-9-21(29)22(30)11-19)24(36)33-12-17(13-33)10-18-6-4-5-7-20(18)28/h4-9,11,14,17H,10,12-13,15-16H2,1-3H3. The number of carbonyl (C=O) groups excluding carboxylic acids is 2. The van der Waals surface area contributed by atoms with Crippen LogP contribution in [0.3, 0.4) is 0 Å². The van der Waals surface area contributed by atoms with Crippen molar-refractivity contribution in [1.82, 2.24) is 24.8 Å². The molecule has 3 heterocycles. The van der Waals surface area contributed by atoms with E-state index in [0.717, 1.165) is 10.9 Å². The molecule has 0 unspecified atom stereocenters. The second-order valence-electron chi connectivity index (χ2n) is 10.9. The first-order valence-electron chi connectivity index (χ1n) is 12.3. The molecule has 38 heavy (non-hydrogen) atoms. The third kappa shape index (κ3) is 5.16. The zero-order valence-electron chi connectivity index (χ0n) is 21.3.